The highest BCUT2D eigenvalue weighted by molar-refractivity contribution is 6.11. The number of hydrogen-bond acceptors (Lipinski definition) is 0. The fourth-order valence-corrected chi connectivity index (χ4v) is 2.88. The first-order chi connectivity index (χ1) is 5.31. The minimum absolute atomic E-state index is 0.529. The molecular formula is C10H17B. The van der Waals surface area contributed by atoms with Gasteiger partial charge in [-0.25, -0.2) is 0 Å². The molecule has 2 fully saturated rings. The first-order valence-electron chi connectivity index (χ1n) is 5.06. The molecule has 0 bridgehead atoms. The number of hydrogen-bond donors (Lipinski definition) is 0. The van der Waals surface area contributed by atoms with Gasteiger partial charge in [-0.05, 0) is 31.1 Å². The first kappa shape index (κ1) is 7.70. The summed E-state index contributed by atoms with van der Waals surface area (Å²) in [4.78, 5) is 0. The van der Waals surface area contributed by atoms with Gasteiger partial charge in [0.25, 0.3) is 0 Å². The second-order valence-corrected chi connectivity index (χ2v) is 4.54. The van der Waals surface area contributed by atoms with Crippen molar-refractivity contribution in [2.75, 3.05) is 0 Å². The van der Waals surface area contributed by atoms with Gasteiger partial charge in [0.15, 0.2) is 0 Å². The molecule has 0 aliphatic heterocycles. The smallest absolute Gasteiger partial charge is 0.0699 e. The van der Waals surface area contributed by atoms with Crippen molar-refractivity contribution >= 4 is 7.85 Å². The zero-order valence-electron chi connectivity index (χ0n) is 7.31. The SMILES string of the molecule is [B]C1CCC2(CCCC2)CC1. The van der Waals surface area contributed by atoms with Crippen molar-refractivity contribution in [2.45, 2.75) is 57.2 Å². The average molecular weight is 148 g/mol. The maximum Gasteiger partial charge on any atom is 0.0699 e. The lowest BCUT2D eigenvalue weighted by atomic mass is 9.64. The Hall–Kier alpha value is 0.0649. The van der Waals surface area contributed by atoms with E-state index in [0.29, 0.717) is 5.82 Å². The van der Waals surface area contributed by atoms with Crippen LogP contribution in [0.3, 0.4) is 0 Å². The van der Waals surface area contributed by atoms with Crippen LogP contribution in [0.4, 0.5) is 0 Å². The highest BCUT2D eigenvalue weighted by Gasteiger charge is 2.35. The lowest BCUT2D eigenvalue weighted by molar-refractivity contribution is 0.198. The van der Waals surface area contributed by atoms with Gasteiger partial charge < -0.3 is 0 Å². The molecule has 0 unspecified atom stereocenters. The van der Waals surface area contributed by atoms with Crippen molar-refractivity contribution in [1.82, 2.24) is 0 Å². The molecule has 2 aliphatic rings. The molecule has 0 aromatic heterocycles. The molecule has 0 aromatic rings. The Morgan fingerprint density at radius 2 is 1.45 bits per heavy atom. The lowest BCUT2D eigenvalue weighted by Gasteiger charge is -2.36. The van der Waals surface area contributed by atoms with Gasteiger partial charge in [-0.2, -0.15) is 0 Å². The van der Waals surface area contributed by atoms with E-state index in [1.54, 1.807) is 0 Å². The van der Waals surface area contributed by atoms with E-state index in [0.717, 1.165) is 5.41 Å². The summed E-state index contributed by atoms with van der Waals surface area (Å²) in [6, 6.07) is 0. The van der Waals surface area contributed by atoms with Crippen LogP contribution in [-0.2, 0) is 0 Å². The minimum atomic E-state index is 0.529. The summed E-state index contributed by atoms with van der Waals surface area (Å²) in [5, 5.41) is 0. The molecular weight excluding hydrogens is 131 g/mol. The van der Waals surface area contributed by atoms with Gasteiger partial charge in [0.05, 0.1) is 7.85 Å². The molecule has 1 spiro atoms. The molecule has 2 rings (SSSR count). The van der Waals surface area contributed by atoms with Crippen LogP contribution >= 0.6 is 0 Å². The quantitative estimate of drug-likeness (QED) is 0.463. The lowest BCUT2D eigenvalue weighted by Crippen LogP contribution is -2.22. The van der Waals surface area contributed by atoms with Crippen LogP contribution in [0.25, 0.3) is 0 Å². The summed E-state index contributed by atoms with van der Waals surface area (Å²) in [6.07, 6.45) is 11.4. The van der Waals surface area contributed by atoms with Crippen LogP contribution in [0, 0.1) is 5.41 Å². The van der Waals surface area contributed by atoms with Crippen LogP contribution in [0.15, 0.2) is 0 Å². The van der Waals surface area contributed by atoms with E-state index in [1.165, 1.54) is 51.4 Å². The van der Waals surface area contributed by atoms with Crippen molar-refractivity contribution in [3.8, 4) is 0 Å². The second kappa shape index (κ2) is 2.84. The molecule has 0 amide bonds. The van der Waals surface area contributed by atoms with Crippen molar-refractivity contribution in [1.29, 1.82) is 0 Å². The Bertz CT molecular complexity index is 126. The molecule has 2 saturated carbocycles. The maximum absolute atomic E-state index is 5.89. The van der Waals surface area contributed by atoms with Crippen LogP contribution in [-0.4, -0.2) is 7.85 Å². The fourth-order valence-electron chi connectivity index (χ4n) is 2.88. The van der Waals surface area contributed by atoms with Crippen molar-refractivity contribution < 1.29 is 0 Å². The van der Waals surface area contributed by atoms with Crippen molar-refractivity contribution in [3.63, 3.8) is 0 Å². The third kappa shape index (κ3) is 1.48. The number of rotatable bonds is 0. The summed E-state index contributed by atoms with van der Waals surface area (Å²) in [7, 11) is 5.89. The molecule has 2 radical (unpaired) electrons. The van der Waals surface area contributed by atoms with Gasteiger partial charge in [-0.15, -0.1) is 0 Å². The molecule has 2 aliphatic carbocycles. The second-order valence-electron chi connectivity index (χ2n) is 4.54. The van der Waals surface area contributed by atoms with Crippen LogP contribution in [0.5, 0.6) is 0 Å². The Morgan fingerprint density at radius 1 is 0.909 bits per heavy atom. The molecule has 0 saturated heterocycles. The van der Waals surface area contributed by atoms with Crippen LogP contribution in [0.1, 0.15) is 51.4 Å². The third-order valence-corrected chi connectivity index (χ3v) is 3.76. The molecule has 1 heteroatoms. The normalized spacial score (nSPS) is 31.3. The van der Waals surface area contributed by atoms with Gasteiger partial charge in [0.2, 0.25) is 0 Å². The molecule has 0 aromatic carbocycles. The van der Waals surface area contributed by atoms with E-state index < -0.39 is 0 Å². The standard InChI is InChI=1S/C10H17B/c11-9-3-7-10(8-4-9)5-1-2-6-10/h9H,1-8H2. The third-order valence-electron chi connectivity index (χ3n) is 3.76. The van der Waals surface area contributed by atoms with Crippen molar-refractivity contribution in [2.24, 2.45) is 5.41 Å². The predicted molar refractivity (Wildman–Crippen MR) is 48.9 cm³/mol. The summed E-state index contributed by atoms with van der Waals surface area (Å²) >= 11 is 0. The van der Waals surface area contributed by atoms with E-state index >= 15 is 0 Å². The van der Waals surface area contributed by atoms with Gasteiger partial charge >= 0.3 is 0 Å². The predicted octanol–water partition coefficient (Wildman–Crippen LogP) is 3.08. The summed E-state index contributed by atoms with van der Waals surface area (Å²) in [6.45, 7) is 0. The maximum atomic E-state index is 5.89. The molecule has 0 N–H and O–H groups in total. The Morgan fingerprint density at radius 3 is 2.00 bits per heavy atom. The summed E-state index contributed by atoms with van der Waals surface area (Å²) < 4.78 is 0. The highest BCUT2D eigenvalue weighted by atomic mass is 14.4. The molecule has 0 nitrogen and oxygen atoms in total. The summed E-state index contributed by atoms with van der Waals surface area (Å²) in [5.41, 5.74) is 0.774. The van der Waals surface area contributed by atoms with E-state index in [2.05, 4.69) is 0 Å². The molecule has 11 heavy (non-hydrogen) atoms. The van der Waals surface area contributed by atoms with Gasteiger partial charge in [0, 0.05) is 0 Å². The van der Waals surface area contributed by atoms with E-state index in [9.17, 15) is 0 Å². The molecule has 0 heterocycles. The van der Waals surface area contributed by atoms with Crippen LogP contribution < -0.4 is 0 Å². The Labute approximate surface area is 71.2 Å². The zero-order chi connectivity index (χ0) is 7.73. The first-order valence-corrected chi connectivity index (χ1v) is 5.06. The molecule has 0 atom stereocenters. The van der Waals surface area contributed by atoms with E-state index in [4.69, 9.17) is 7.85 Å². The molecule has 60 valence electrons. The van der Waals surface area contributed by atoms with Crippen molar-refractivity contribution in [3.05, 3.63) is 0 Å². The van der Waals surface area contributed by atoms with E-state index in [1.807, 2.05) is 0 Å². The van der Waals surface area contributed by atoms with Gasteiger partial charge in [-0.3, -0.25) is 0 Å². The van der Waals surface area contributed by atoms with E-state index in [-0.39, 0.29) is 0 Å². The topological polar surface area (TPSA) is 0 Å². The largest absolute Gasteiger partial charge is 0.0773 e. The zero-order valence-corrected chi connectivity index (χ0v) is 7.31. The average Bonchev–Trinajstić information content (AvgIpc) is 2.45. The minimum Gasteiger partial charge on any atom is -0.0773 e. The monoisotopic (exact) mass is 148 g/mol. The Kier molecular flexibility index (Phi) is 1.99. The fraction of sp³-hybridized carbons (Fsp3) is 1.00. The Balaban J connectivity index is 1.94. The summed E-state index contributed by atoms with van der Waals surface area (Å²) in [5.74, 6) is 0.529. The van der Waals surface area contributed by atoms with Crippen LogP contribution in [0.2, 0.25) is 5.82 Å². The van der Waals surface area contributed by atoms with Gasteiger partial charge in [-0.1, -0.05) is 31.5 Å². The highest BCUT2D eigenvalue weighted by Crippen LogP contribution is 2.50. The van der Waals surface area contributed by atoms with Gasteiger partial charge in [0.1, 0.15) is 0 Å².